The third-order valence-electron chi connectivity index (χ3n) is 2.68. The Hall–Kier alpha value is -2.00. The highest BCUT2D eigenvalue weighted by molar-refractivity contribution is 7.89. The van der Waals surface area contributed by atoms with Gasteiger partial charge in [0.2, 0.25) is 10.0 Å². The van der Waals surface area contributed by atoms with Crippen LogP contribution in [-0.2, 0) is 14.8 Å². The molecular weight excluding hydrogens is 288 g/mol. The summed E-state index contributed by atoms with van der Waals surface area (Å²) < 4.78 is 26.2. The highest BCUT2D eigenvalue weighted by Crippen LogP contribution is 2.21. The Balaban J connectivity index is 3.24. The van der Waals surface area contributed by atoms with Gasteiger partial charge in [0.25, 0.3) is 5.69 Å². The summed E-state index contributed by atoms with van der Waals surface area (Å²) in [7, 11) is -4.14. The number of nitro groups is 1. The molecule has 20 heavy (non-hydrogen) atoms. The van der Waals surface area contributed by atoms with E-state index in [-0.39, 0.29) is 17.0 Å². The zero-order chi connectivity index (χ0) is 15.5. The summed E-state index contributed by atoms with van der Waals surface area (Å²) in [6.45, 7) is 2.99. The molecule has 0 heterocycles. The van der Waals surface area contributed by atoms with Crippen molar-refractivity contribution in [2.45, 2.75) is 31.2 Å². The van der Waals surface area contributed by atoms with Crippen LogP contribution < -0.4 is 4.72 Å². The topological polar surface area (TPSA) is 127 Å². The van der Waals surface area contributed by atoms with Crippen LogP contribution in [0.2, 0.25) is 0 Å². The number of non-ortho nitro benzene ring substituents is 1. The number of aryl methyl sites for hydroxylation is 1. The number of hydrogen-bond donors (Lipinski definition) is 2. The van der Waals surface area contributed by atoms with E-state index in [1.165, 1.54) is 26.0 Å². The molecule has 0 radical (unpaired) electrons. The van der Waals surface area contributed by atoms with Crippen LogP contribution >= 0.6 is 0 Å². The first kappa shape index (κ1) is 16.1. The van der Waals surface area contributed by atoms with Gasteiger partial charge in [0.05, 0.1) is 9.82 Å². The number of carbonyl (C=O) groups is 1. The molecule has 0 unspecified atom stereocenters. The Labute approximate surface area is 115 Å². The highest BCUT2D eigenvalue weighted by Gasteiger charge is 2.26. The number of nitrogens with zero attached hydrogens (tertiary/aromatic N) is 1. The zero-order valence-corrected chi connectivity index (χ0v) is 11.7. The number of nitrogens with one attached hydrogen (secondary N) is 1. The molecule has 0 bridgehead atoms. The summed E-state index contributed by atoms with van der Waals surface area (Å²) >= 11 is 0. The Kier molecular flexibility index (Phi) is 4.79. The molecule has 0 aliphatic carbocycles. The van der Waals surface area contributed by atoms with Crippen molar-refractivity contribution >= 4 is 21.7 Å². The third kappa shape index (κ3) is 3.52. The third-order valence-corrected chi connectivity index (χ3v) is 4.29. The van der Waals surface area contributed by atoms with E-state index >= 15 is 0 Å². The number of hydrogen-bond acceptors (Lipinski definition) is 5. The molecule has 110 valence electrons. The van der Waals surface area contributed by atoms with Gasteiger partial charge in [-0.2, -0.15) is 4.72 Å². The van der Waals surface area contributed by atoms with E-state index in [4.69, 9.17) is 5.11 Å². The lowest BCUT2D eigenvalue weighted by Gasteiger charge is -2.14. The lowest BCUT2D eigenvalue weighted by Crippen LogP contribution is -2.40. The molecule has 0 aliphatic heterocycles. The number of nitro benzene ring substituents is 1. The van der Waals surface area contributed by atoms with Crippen molar-refractivity contribution in [1.29, 1.82) is 0 Å². The van der Waals surface area contributed by atoms with Gasteiger partial charge in [-0.3, -0.25) is 14.9 Å². The second-order valence-electron chi connectivity index (χ2n) is 4.13. The van der Waals surface area contributed by atoms with E-state index in [9.17, 15) is 23.3 Å². The van der Waals surface area contributed by atoms with Crippen molar-refractivity contribution in [3.63, 3.8) is 0 Å². The second kappa shape index (κ2) is 5.97. The van der Waals surface area contributed by atoms with Gasteiger partial charge in [-0.15, -0.1) is 0 Å². The van der Waals surface area contributed by atoms with E-state index in [1.54, 1.807) is 0 Å². The minimum atomic E-state index is -4.14. The van der Waals surface area contributed by atoms with E-state index in [2.05, 4.69) is 0 Å². The monoisotopic (exact) mass is 302 g/mol. The lowest BCUT2D eigenvalue weighted by molar-refractivity contribution is -0.385. The normalized spacial score (nSPS) is 12.9. The molecule has 1 aromatic rings. The standard InChI is InChI=1S/C11H14N2O6S/c1-3-9(11(14)15)12-20(18,19)10-6-8(13(16)17)5-4-7(10)2/h4-6,9,12H,3H2,1-2H3,(H,14,15)/t9-/m1/s1. The maximum atomic E-state index is 12.1. The van der Waals surface area contributed by atoms with Crippen molar-refractivity contribution in [3.05, 3.63) is 33.9 Å². The maximum absolute atomic E-state index is 12.1. The molecule has 1 aromatic carbocycles. The van der Waals surface area contributed by atoms with Gasteiger partial charge >= 0.3 is 5.97 Å². The summed E-state index contributed by atoms with van der Waals surface area (Å²) in [4.78, 5) is 20.5. The number of carboxylic acids is 1. The van der Waals surface area contributed by atoms with Crippen LogP contribution in [0.25, 0.3) is 0 Å². The second-order valence-corrected chi connectivity index (χ2v) is 5.81. The Bertz CT molecular complexity index is 640. The fraction of sp³-hybridized carbons (Fsp3) is 0.364. The van der Waals surface area contributed by atoms with Crippen molar-refractivity contribution in [2.75, 3.05) is 0 Å². The molecule has 0 spiro atoms. The quantitative estimate of drug-likeness (QED) is 0.597. The summed E-state index contributed by atoms with van der Waals surface area (Å²) in [5.41, 5.74) is -0.0808. The average molecular weight is 302 g/mol. The molecule has 0 saturated carbocycles. The molecule has 0 amide bonds. The van der Waals surface area contributed by atoms with Crippen LogP contribution in [0, 0.1) is 17.0 Å². The number of aliphatic carboxylic acids is 1. The van der Waals surface area contributed by atoms with Gasteiger partial charge in [-0.05, 0) is 18.9 Å². The average Bonchev–Trinajstić information content (AvgIpc) is 2.35. The SMILES string of the molecule is CC[C@@H](NS(=O)(=O)c1cc([N+](=O)[O-])ccc1C)C(=O)O. The van der Waals surface area contributed by atoms with Gasteiger partial charge in [0.15, 0.2) is 0 Å². The lowest BCUT2D eigenvalue weighted by atomic mass is 10.2. The van der Waals surface area contributed by atoms with Gasteiger partial charge in [0, 0.05) is 12.1 Å². The number of sulfonamides is 1. The van der Waals surface area contributed by atoms with Crippen LogP contribution in [0.5, 0.6) is 0 Å². The van der Waals surface area contributed by atoms with Crippen molar-refractivity contribution < 1.29 is 23.2 Å². The van der Waals surface area contributed by atoms with Gasteiger partial charge in [-0.1, -0.05) is 13.0 Å². The molecule has 1 rings (SSSR count). The van der Waals surface area contributed by atoms with E-state index < -0.39 is 27.0 Å². The molecule has 0 aliphatic rings. The Morgan fingerprint density at radius 1 is 1.50 bits per heavy atom. The summed E-state index contributed by atoms with van der Waals surface area (Å²) in [5.74, 6) is -1.31. The number of rotatable bonds is 6. The zero-order valence-electron chi connectivity index (χ0n) is 10.9. The molecular formula is C11H14N2O6S. The molecule has 2 N–H and O–H groups in total. The molecule has 9 heteroatoms. The minimum Gasteiger partial charge on any atom is -0.480 e. The van der Waals surface area contributed by atoms with E-state index in [1.807, 2.05) is 4.72 Å². The van der Waals surface area contributed by atoms with Gasteiger partial charge < -0.3 is 5.11 Å². The molecule has 8 nitrogen and oxygen atoms in total. The van der Waals surface area contributed by atoms with Crippen molar-refractivity contribution in [3.8, 4) is 0 Å². The first-order chi connectivity index (χ1) is 9.19. The predicted octanol–water partition coefficient (Wildman–Crippen LogP) is 1.04. The van der Waals surface area contributed by atoms with Crippen LogP contribution in [0.3, 0.4) is 0 Å². The fourth-order valence-electron chi connectivity index (χ4n) is 1.55. The Morgan fingerprint density at radius 3 is 2.55 bits per heavy atom. The van der Waals surface area contributed by atoms with Crippen molar-refractivity contribution in [2.24, 2.45) is 0 Å². The van der Waals surface area contributed by atoms with E-state index in [0.717, 1.165) is 6.07 Å². The van der Waals surface area contributed by atoms with Gasteiger partial charge in [0.1, 0.15) is 6.04 Å². The first-order valence-electron chi connectivity index (χ1n) is 5.69. The summed E-state index contributed by atoms with van der Waals surface area (Å²) in [6, 6.07) is 2.11. The highest BCUT2D eigenvalue weighted by atomic mass is 32.2. The fourth-order valence-corrected chi connectivity index (χ4v) is 3.09. The van der Waals surface area contributed by atoms with Crippen LogP contribution in [0.15, 0.2) is 23.1 Å². The van der Waals surface area contributed by atoms with E-state index in [0.29, 0.717) is 5.56 Å². The summed E-state index contributed by atoms with van der Waals surface area (Å²) in [6.07, 6.45) is 0.0581. The first-order valence-corrected chi connectivity index (χ1v) is 7.17. The molecule has 0 fully saturated rings. The van der Waals surface area contributed by atoms with Crippen LogP contribution in [0.1, 0.15) is 18.9 Å². The smallest absolute Gasteiger partial charge is 0.321 e. The maximum Gasteiger partial charge on any atom is 0.321 e. The number of carboxylic acid groups (broad SMARTS) is 1. The Morgan fingerprint density at radius 2 is 2.10 bits per heavy atom. The molecule has 0 saturated heterocycles. The van der Waals surface area contributed by atoms with Gasteiger partial charge in [-0.25, -0.2) is 8.42 Å². The predicted molar refractivity (Wildman–Crippen MR) is 69.9 cm³/mol. The summed E-state index contributed by atoms with van der Waals surface area (Å²) in [5, 5.41) is 19.5. The number of benzene rings is 1. The van der Waals surface area contributed by atoms with Crippen LogP contribution in [-0.4, -0.2) is 30.5 Å². The molecule has 1 atom stereocenters. The minimum absolute atomic E-state index is 0.0581. The largest absolute Gasteiger partial charge is 0.480 e. The van der Waals surface area contributed by atoms with Crippen LogP contribution in [0.4, 0.5) is 5.69 Å². The molecule has 0 aromatic heterocycles. The van der Waals surface area contributed by atoms with Crippen molar-refractivity contribution in [1.82, 2.24) is 4.72 Å².